The van der Waals surface area contributed by atoms with E-state index >= 15 is 0 Å². The van der Waals surface area contributed by atoms with Gasteiger partial charge in [0, 0.05) is 27.7 Å². The van der Waals surface area contributed by atoms with Gasteiger partial charge in [-0.3, -0.25) is 14.3 Å². The smallest absolute Gasteiger partial charge is 0.330 e. The molecule has 2 N–H and O–H groups in total. The van der Waals surface area contributed by atoms with Crippen LogP contribution in [0.4, 0.5) is 0 Å². The zero-order chi connectivity index (χ0) is 18.6. The second kappa shape index (κ2) is 9.02. The van der Waals surface area contributed by atoms with Crippen LogP contribution < -0.4 is 11.2 Å². The van der Waals surface area contributed by atoms with Crippen molar-refractivity contribution < 1.29 is 23.8 Å². The minimum absolute atomic E-state index is 0.157. The van der Waals surface area contributed by atoms with Crippen molar-refractivity contribution in [3.05, 3.63) is 32.6 Å². The molecule has 0 aliphatic carbocycles. The maximum absolute atomic E-state index is 12.2. The zero-order valence-corrected chi connectivity index (χ0v) is 15.7. The molecule has 0 bridgehead atoms. The van der Waals surface area contributed by atoms with Crippen molar-refractivity contribution in [2.24, 2.45) is 0 Å². The van der Waals surface area contributed by atoms with Gasteiger partial charge in [0.1, 0.15) is 18.3 Å². The first-order chi connectivity index (χ1) is 11.9. The molecule has 1 saturated heterocycles. The molecule has 9 nitrogen and oxygen atoms in total. The van der Waals surface area contributed by atoms with Crippen LogP contribution in [0.3, 0.4) is 0 Å². The van der Waals surface area contributed by atoms with Crippen LogP contribution in [-0.2, 0) is 18.7 Å². The molecular formula is C15H25N2O7P. The largest absolute Gasteiger partial charge is 0.394 e. The lowest BCUT2D eigenvalue weighted by atomic mass is 10.1. The number of hydrogen-bond donors (Lipinski definition) is 2. The summed E-state index contributed by atoms with van der Waals surface area (Å²) in [7, 11) is 1.72. The molecule has 1 fully saturated rings. The predicted molar refractivity (Wildman–Crippen MR) is 92.4 cm³/mol. The average molecular weight is 376 g/mol. The Balaban J connectivity index is 2.40. The zero-order valence-electron chi connectivity index (χ0n) is 14.7. The van der Waals surface area contributed by atoms with Crippen LogP contribution in [-0.4, -0.2) is 66.1 Å². The normalized spacial score (nSPS) is 28.0. The fourth-order valence-corrected chi connectivity index (χ4v) is 3.38. The first-order valence-electron chi connectivity index (χ1n) is 7.98. The van der Waals surface area contributed by atoms with Gasteiger partial charge in [-0.25, -0.2) is 4.79 Å². The quantitative estimate of drug-likeness (QED) is 0.603. The minimum atomic E-state index is -0.833. The first-order valence-corrected chi connectivity index (χ1v) is 9.38. The van der Waals surface area contributed by atoms with Gasteiger partial charge in [0.05, 0.1) is 19.3 Å². The van der Waals surface area contributed by atoms with Crippen LogP contribution in [0.25, 0.3) is 0 Å². The second-order valence-corrected chi connectivity index (χ2v) is 6.52. The molecule has 0 saturated carbocycles. The van der Waals surface area contributed by atoms with Gasteiger partial charge in [0.2, 0.25) is 0 Å². The first kappa shape index (κ1) is 20.2. The highest BCUT2D eigenvalue weighted by Gasteiger charge is 2.48. The fraction of sp³-hybridized carbons (Fsp3) is 0.733. The number of nitrogens with zero attached hydrogens (tertiary/aromatic N) is 1. The summed E-state index contributed by atoms with van der Waals surface area (Å²) >= 11 is 0. The number of aliphatic hydroxyl groups excluding tert-OH is 1. The van der Waals surface area contributed by atoms with E-state index < -0.39 is 35.8 Å². The summed E-state index contributed by atoms with van der Waals surface area (Å²) in [5.74, 6) is 0. The third-order valence-corrected chi connectivity index (χ3v) is 4.44. The third kappa shape index (κ3) is 4.55. The van der Waals surface area contributed by atoms with Crippen molar-refractivity contribution in [1.29, 1.82) is 0 Å². The van der Waals surface area contributed by atoms with Crippen LogP contribution in [0.2, 0.25) is 0 Å². The van der Waals surface area contributed by atoms with E-state index in [1.165, 1.54) is 10.8 Å². The lowest BCUT2D eigenvalue weighted by Gasteiger charge is -2.27. The van der Waals surface area contributed by atoms with Gasteiger partial charge in [0.25, 0.3) is 5.56 Å². The van der Waals surface area contributed by atoms with Crippen molar-refractivity contribution in [1.82, 2.24) is 9.55 Å². The minimum Gasteiger partial charge on any atom is -0.394 e. The Kier molecular flexibility index (Phi) is 7.30. The molecule has 2 heterocycles. The SMILES string of the molecule is COC[C@H](C)OC1C(OPC)[C@@H](CO)O[C@H]1n1cc(C)c(=O)[nH]c1=O. The van der Waals surface area contributed by atoms with Gasteiger partial charge in [0.15, 0.2) is 6.23 Å². The summed E-state index contributed by atoms with van der Waals surface area (Å²) in [6, 6.07) is 0. The van der Waals surface area contributed by atoms with E-state index in [4.69, 9.17) is 18.7 Å². The molecule has 142 valence electrons. The summed E-state index contributed by atoms with van der Waals surface area (Å²) in [5.41, 5.74) is -0.690. The van der Waals surface area contributed by atoms with E-state index in [-0.39, 0.29) is 21.5 Å². The molecule has 0 radical (unpaired) electrons. The van der Waals surface area contributed by atoms with Crippen LogP contribution in [0.15, 0.2) is 15.8 Å². The molecule has 3 unspecified atom stereocenters. The lowest BCUT2D eigenvalue weighted by molar-refractivity contribution is -0.108. The molecule has 1 aromatic heterocycles. The Bertz CT molecular complexity index is 677. The van der Waals surface area contributed by atoms with Crippen molar-refractivity contribution in [2.45, 2.75) is 44.5 Å². The van der Waals surface area contributed by atoms with Gasteiger partial charge in [-0.05, 0) is 20.5 Å². The molecule has 1 aromatic rings. The van der Waals surface area contributed by atoms with Crippen molar-refractivity contribution >= 4 is 8.81 Å². The van der Waals surface area contributed by atoms with E-state index in [0.29, 0.717) is 12.2 Å². The number of aryl methyl sites for hydroxylation is 1. The van der Waals surface area contributed by atoms with Gasteiger partial charge in [-0.15, -0.1) is 0 Å². The average Bonchev–Trinajstić information content (AvgIpc) is 2.89. The molecule has 25 heavy (non-hydrogen) atoms. The number of ether oxygens (including phenoxy) is 3. The Morgan fingerprint density at radius 1 is 1.44 bits per heavy atom. The second-order valence-electron chi connectivity index (χ2n) is 5.88. The monoisotopic (exact) mass is 376 g/mol. The number of aliphatic hydroxyl groups is 1. The number of rotatable bonds is 8. The van der Waals surface area contributed by atoms with Crippen LogP contribution in [0.1, 0.15) is 18.7 Å². The highest BCUT2D eigenvalue weighted by Crippen LogP contribution is 2.36. The van der Waals surface area contributed by atoms with Crippen molar-refractivity contribution in [2.75, 3.05) is 27.0 Å². The fourth-order valence-electron chi connectivity index (χ4n) is 2.82. The molecule has 1 aliphatic heterocycles. The Morgan fingerprint density at radius 3 is 2.76 bits per heavy atom. The standard InChI is InChI=1S/C15H25N2O7P/c1-8-5-17(15(20)16-13(8)19)14-12(22-9(2)7-21-3)11(24-25-4)10(6-18)23-14/h5,9-12,14,18,25H,6-7H2,1-4H3,(H,16,19,20)/t9-,10+,11?,12?,14+/m0/s1. The number of nitrogens with one attached hydrogen (secondary N) is 1. The Morgan fingerprint density at radius 2 is 2.16 bits per heavy atom. The molecule has 0 aromatic carbocycles. The predicted octanol–water partition coefficient (Wildman–Crippen LogP) is -0.237. The van der Waals surface area contributed by atoms with E-state index in [9.17, 15) is 14.7 Å². The molecule has 6 atom stereocenters. The van der Waals surface area contributed by atoms with Crippen molar-refractivity contribution in [3.63, 3.8) is 0 Å². The van der Waals surface area contributed by atoms with Gasteiger partial charge in [-0.2, -0.15) is 0 Å². The van der Waals surface area contributed by atoms with E-state index in [2.05, 4.69) is 4.98 Å². The molecular weight excluding hydrogens is 351 g/mol. The summed E-state index contributed by atoms with van der Waals surface area (Å²) in [5, 5.41) is 9.62. The number of hydrogen-bond acceptors (Lipinski definition) is 7. The van der Waals surface area contributed by atoms with E-state index in [1.54, 1.807) is 14.0 Å². The van der Waals surface area contributed by atoms with E-state index in [0.717, 1.165) is 0 Å². The highest BCUT2D eigenvalue weighted by molar-refractivity contribution is 7.31. The number of H-pyrrole nitrogens is 1. The van der Waals surface area contributed by atoms with Gasteiger partial charge < -0.3 is 23.8 Å². The third-order valence-electron chi connectivity index (χ3n) is 3.93. The summed E-state index contributed by atoms with van der Waals surface area (Å²) in [6.45, 7) is 5.36. The number of aromatic nitrogens is 2. The maximum Gasteiger partial charge on any atom is 0.330 e. The van der Waals surface area contributed by atoms with Crippen molar-refractivity contribution in [3.8, 4) is 0 Å². The molecule has 0 amide bonds. The van der Waals surface area contributed by atoms with Gasteiger partial charge >= 0.3 is 5.69 Å². The van der Waals surface area contributed by atoms with Crippen LogP contribution in [0, 0.1) is 6.92 Å². The molecule has 1 aliphatic rings. The molecule has 10 heteroatoms. The summed E-state index contributed by atoms with van der Waals surface area (Å²) in [4.78, 5) is 26.1. The van der Waals surface area contributed by atoms with Gasteiger partial charge in [-0.1, -0.05) is 0 Å². The van der Waals surface area contributed by atoms with E-state index in [1.807, 2.05) is 13.6 Å². The Labute approximate surface area is 147 Å². The van der Waals surface area contributed by atoms with Crippen LogP contribution in [0.5, 0.6) is 0 Å². The number of methoxy groups -OCH3 is 1. The highest BCUT2D eigenvalue weighted by atomic mass is 31.1. The van der Waals surface area contributed by atoms with Crippen LogP contribution >= 0.6 is 8.81 Å². The lowest BCUT2D eigenvalue weighted by Crippen LogP contribution is -2.42. The summed E-state index contributed by atoms with van der Waals surface area (Å²) in [6.07, 6.45) is -1.51. The molecule has 0 spiro atoms. The Hall–Kier alpha value is -1.09. The molecule has 2 rings (SSSR count). The number of aromatic amines is 1. The maximum atomic E-state index is 12.2. The summed E-state index contributed by atoms with van der Waals surface area (Å²) < 4.78 is 23.9. The topological polar surface area (TPSA) is 112 Å².